The molecule has 2 amide bonds. The van der Waals surface area contributed by atoms with Gasteiger partial charge in [0.05, 0.1) is 16.4 Å². The Balaban J connectivity index is 1.54. The monoisotopic (exact) mass is 558 g/mol. The summed E-state index contributed by atoms with van der Waals surface area (Å²) in [5, 5.41) is 11.0. The fraction of sp³-hybridized carbons (Fsp3) is 0.0833. The van der Waals surface area contributed by atoms with Crippen molar-refractivity contribution in [3.05, 3.63) is 108 Å². The lowest BCUT2D eigenvalue weighted by Gasteiger charge is -2.13. The molecule has 1 heterocycles. The van der Waals surface area contributed by atoms with Crippen molar-refractivity contribution in [1.29, 1.82) is 0 Å². The number of ether oxygens (including phenoxy) is 1. The molecule has 34 heavy (non-hydrogen) atoms. The van der Waals surface area contributed by atoms with Crippen LogP contribution in [0.2, 0.25) is 5.02 Å². The number of nitro groups is 1. The highest BCUT2D eigenvalue weighted by atomic mass is 79.9. The van der Waals surface area contributed by atoms with Crippen LogP contribution >= 0.6 is 39.3 Å². The molecule has 10 heteroatoms. The third-order valence-electron chi connectivity index (χ3n) is 4.96. The van der Waals surface area contributed by atoms with E-state index in [4.69, 9.17) is 16.3 Å². The molecular weight excluding hydrogens is 544 g/mol. The third-order valence-corrected chi connectivity index (χ3v) is 6.73. The van der Waals surface area contributed by atoms with Crippen LogP contribution in [0.15, 0.2) is 76.1 Å². The van der Waals surface area contributed by atoms with E-state index < -0.39 is 16.1 Å². The highest BCUT2D eigenvalue weighted by Gasteiger charge is 2.35. The molecule has 0 aromatic heterocycles. The van der Waals surface area contributed by atoms with E-state index in [-0.39, 0.29) is 23.7 Å². The van der Waals surface area contributed by atoms with E-state index in [1.54, 1.807) is 24.3 Å². The van der Waals surface area contributed by atoms with Gasteiger partial charge >= 0.3 is 0 Å². The van der Waals surface area contributed by atoms with Crippen molar-refractivity contribution in [2.75, 3.05) is 0 Å². The van der Waals surface area contributed by atoms with Gasteiger partial charge in [0.1, 0.15) is 12.4 Å². The molecule has 3 aromatic carbocycles. The zero-order chi connectivity index (χ0) is 24.2. The van der Waals surface area contributed by atoms with Crippen LogP contribution in [0, 0.1) is 10.1 Å². The second kappa shape index (κ2) is 10.4. The highest BCUT2D eigenvalue weighted by Crippen LogP contribution is 2.36. The van der Waals surface area contributed by atoms with Crippen molar-refractivity contribution in [1.82, 2.24) is 4.90 Å². The first-order valence-electron chi connectivity index (χ1n) is 9.96. The average molecular weight is 560 g/mol. The molecule has 0 radical (unpaired) electrons. The van der Waals surface area contributed by atoms with Crippen molar-refractivity contribution in [3.8, 4) is 5.75 Å². The minimum atomic E-state index is -0.504. The van der Waals surface area contributed by atoms with E-state index in [2.05, 4.69) is 15.9 Å². The Hall–Kier alpha value is -3.14. The molecule has 0 bridgehead atoms. The number of carbonyl (C=O) groups is 2. The molecule has 7 nitrogen and oxygen atoms in total. The number of nitrogens with zero attached hydrogens (tertiary/aromatic N) is 2. The molecule has 1 aliphatic heterocycles. The van der Waals surface area contributed by atoms with Crippen LogP contribution < -0.4 is 4.74 Å². The smallest absolute Gasteiger partial charge is 0.293 e. The van der Waals surface area contributed by atoms with Crippen LogP contribution in [0.4, 0.5) is 10.5 Å². The summed E-state index contributed by atoms with van der Waals surface area (Å²) in [6.45, 7) is 0.262. The van der Waals surface area contributed by atoms with Gasteiger partial charge < -0.3 is 4.74 Å². The summed E-state index contributed by atoms with van der Waals surface area (Å²) in [6.07, 6.45) is 1.62. The van der Waals surface area contributed by atoms with Crippen molar-refractivity contribution in [2.24, 2.45) is 0 Å². The molecule has 0 aliphatic carbocycles. The van der Waals surface area contributed by atoms with Crippen LogP contribution in [-0.4, -0.2) is 21.0 Å². The Bertz CT molecular complexity index is 1310. The van der Waals surface area contributed by atoms with E-state index >= 15 is 0 Å². The number of thioether (sulfide) groups is 1. The number of hydrogen-bond acceptors (Lipinski definition) is 6. The van der Waals surface area contributed by atoms with Gasteiger partial charge in [0.15, 0.2) is 0 Å². The lowest BCUT2D eigenvalue weighted by atomic mass is 10.1. The summed E-state index contributed by atoms with van der Waals surface area (Å²) in [5.41, 5.74) is 2.00. The Morgan fingerprint density at radius 1 is 1.09 bits per heavy atom. The zero-order valence-electron chi connectivity index (χ0n) is 17.4. The van der Waals surface area contributed by atoms with Crippen LogP contribution in [0.5, 0.6) is 5.75 Å². The van der Waals surface area contributed by atoms with E-state index in [9.17, 15) is 19.7 Å². The van der Waals surface area contributed by atoms with Gasteiger partial charge in [0, 0.05) is 32.8 Å². The Labute approximate surface area is 212 Å². The molecule has 1 saturated heterocycles. The van der Waals surface area contributed by atoms with Gasteiger partial charge in [-0.1, -0.05) is 57.9 Å². The minimum absolute atomic E-state index is 0.0222. The largest absolute Gasteiger partial charge is 0.488 e. The van der Waals surface area contributed by atoms with Crippen LogP contribution in [0.1, 0.15) is 16.7 Å². The minimum Gasteiger partial charge on any atom is -0.488 e. The van der Waals surface area contributed by atoms with Gasteiger partial charge in [0.25, 0.3) is 16.8 Å². The van der Waals surface area contributed by atoms with Crippen LogP contribution in [-0.2, 0) is 17.9 Å². The number of amides is 2. The predicted octanol–water partition coefficient (Wildman–Crippen LogP) is 6.83. The molecule has 4 rings (SSSR count). The molecule has 3 aromatic rings. The summed E-state index contributed by atoms with van der Waals surface area (Å²) in [6, 6.07) is 18.5. The van der Waals surface area contributed by atoms with Crippen molar-refractivity contribution in [2.45, 2.75) is 13.2 Å². The number of non-ortho nitro benzene ring substituents is 1. The molecule has 1 fully saturated rings. The van der Waals surface area contributed by atoms with Gasteiger partial charge in [-0.2, -0.15) is 0 Å². The van der Waals surface area contributed by atoms with E-state index in [0.29, 0.717) is 21.9 Å². The van der Waals surface area contributed by atoms with Crippen molar-refractivity contribution >= 4 is 62.2 Å². The third kappa shape index (κ3) is 5.49. The van der Waals surface area contributed by atoms with Gasteiger partial charge in [-0.05, 0) is 47.7 Å². The number of carbonyl (C=O) groups excluding carboxylic acids is 2. The maximum atomic E-state index is 13.0. The standard InChI is InChI=1S/C24H16BrClN2O5S/c25-18-7-10-21(33-14-16-3-1-2-4-20(16)26)17(11-18)12-22-23(29)27(24(30)34-22)13-15-5-8-19(9-6-15)28(31)32/h1-12H,13-14H2/b22-12+. The lowest BCUT2D eigenvalue weighted by Crippen LogP contribution is -2.27. The van der Waals surface area contributed by atoms with Crippen LogP contribution in [0.3, 0.4) is 0 Å². The van der Waals surface area contributed by atoms with E-state index in [1.165, 1.54) is 24.3 Å². The Morgan fingerprint density at radius 2 is 1.82 bits per heavy atom. The van der Waals surface area contributed by atoms with Crippen LogP contribution in [0.25, 0.3) is 6.08 Å². The first kappa shape index (κ1) is 24.0. The fourth-order valence-corrected chi connectivity index (χ4v) is 4.62. The number of benzene rings is 3. The summed E-state index contributed by atoms with van der Waals surface area (Å²) in [4.78, 5) is 37.2. The topological polar surface area (TPSA) is 89.8 Å². The number of nitro benzene ring substituents is 1. The van der Waals surface area contributed by atoms with Crippen molar-refractivity contribution < 1.29 is 19.2 Å². The number of halogens is 2. The normalized spacial score (nSPS) is 14.6. The second-order valence-electron chi connectivity index (χ2n) is 7.25. The summed E-state index contributed by atoms with van der Waals surface area (Å²) in [5.74, 6) is 0.0932. The summed E-state index contributed by atoms with van der Waals surface area (Å²) in [7, 11) is 0. The highest BCUT2D eigenvalue weighted by molar-refractivity contribution is 9.10. The predicted molar refractivity (Wildman–Crippen MR) is 135 cm³/mol. The fourth-order valence-electron chi connectivity index (χ4n) is 3.22. The number of hydrogen-bond donors (Lipinski definition) is 0. The summed E-state index contributed by atoms with van der Waals surface area (Å²) >= 11 is 10.5. The Kier molecular flexibility index (Phi) is 7.35. The number of imide groups is 1. The SMILES string of the molecule is O=C1S/C(=C/c2cc(Br)ccc2OCc2ccccc2Cl)C(=O)N1Cc1ccc([N+](=O)[O-])cc1. The van der Waals surface area contributed by atoms with Gasteiger partial charge in [-0.25, -0.2) is 0 Å². The maximum absolute atomic E-state index is 13.0. The zero-order valence-corrected chi connectivity index (χ0v) is 20.6. The molecule has 172 valence electrons. The quantitative estimate of drug-likeness (QED) is 0.179. The first-order valence-corrected chi connectivity index (χ1v) is 11.9. The second-order valence-corrected chi connectivity index (χ2v) is 9.57. The Morgan fingerprint density at radius 3 is 2.53 bits per heavy atom. The molecule has 0 saturated carbocycles. The first-order chi connectivity index (χ1) is 16.3. The van der Waals surface area contributed by atoms with Gasteiger partial charge in [-0.15, -0.1) is 0 Å². The summed E-state index contributed by atoms with van der Waals surface area (Å²) < 4.78 is 6.75. The molecule has 1 aliphatic rings. The molecule has 0 spiro atoms. The van der Waals surface area contributed by atoms with E-state index in [1.807, 2.05) is 24.3 Å². The van der Waals surface area contributed by atoms with Gasteiger partial charge in [-0.3, -0.25) is 24.6 Å². The average Bonchev–Trinajstić information content (AvgIpc) is 3.07. The molecular formula is C24H16BrClN2O5S. The molecule has 0 unspecified atom stereocenters. The molecule has 0 N–H and O–H groups in total. The lowest BCUT2D eigenvalue weighted by molar-refractivity contribution is -0.384. The number of rotatable bonds is 7. The van der Waals surface area contributed by atoms with Gasteiger partial charge in [0.2, 0.25) is 0 Å². The maximum Gasteiger partial charge on any atom is 0.293 e. The molecule has 0 atom stereocenters. The van der Waals surface area contributed by atoms with E-state index in [0.717, 1.165) is 26.7 Å². The van der Waals surface area contributed by atoms with Crippen molar-refractivity contribution in [3.63, 3.8) is 0 Å².